The molecular weight excluding hydrogens is 444 g/mol. The minimum Gasteiger partial charge on any atom is -0.493 e. The summed E-state index contributed by atoms with van der Waals surface area (Å²) < 4.78 is 17.9. The van der Waals surface area contributed by atoms with Crippen LogP contribution in [0.3, 0.4) is 0 Å². The first-order valence-corrected chi connectivity index (χ1v) is 10.7. The number of ketones is 1. The molecule has 0 radical (unpaired) electrons. The third-order valence-electron chi connectivity index (χ3n) is 5.84. The van der Waals surface area contributed by atoms with Crippen LogP contribution >= 0.6 is 11.6 Å². The average Bonchev–Trinajstić information content (AvgIpc) is 3.25. The van der Waals surface area contributed by atoms with E-state index in [4.69, 9.17) is 25.8 Å². The highest BCUT2D eigenvalue weighted by Crippen LogP contribution is 2.42. The van der Waals surface area contributed by atoms with E-state index in [1.54, 1.807) is 44.2 Å². The number of carbonyl (C=O) groups excluding carboxylic acids is 1. The van der Waals surface area contributed by atoms with E-state index in [0.717, 1.165) is 11.1 Å². The fourth-order valence-corrected chi connectivity index (χ4v) is 4.30. The number of Topliss-reactive ketones (excluding diaryl/α,β-unsaturated/α-hetero) is 1. The molecule has 2 aromatic heterocycles. The summed E-state index contributed by atoms with van der Waals surface area (Å²) in [5, 5.41) is 5.14. The molecule has 1 aliphatic carbocycles. The van der Waals surface area contributed by atoms with Gasteiger partial charge in [-0.1, -0.05) is 11.6 Å². The SMILES string of the molecule is COc1cc([C@@H]2CC(=O)c3cn4nc(-c5ccc(Cl)cc5)nc4nc3C2)cc(OC)c1OC. The molecule has 0 unspecified atom stereocenters. The van der Waals surface area contributed by atoms with Crippen LogP contribution in [0.2, 0.25) is 5.02 Å². The van der Waals surface area contributed by atoms with Crippen LogP contribution in [0.4, 0.5) is 0 Å². The molecule has 1 aliphatic rings. The lowest BCUT2D eigenvalue weighted by Gasteiger charge is -2.24. The van der Waals surface area contributed by atoms with E-state index in [1.165, 1.54) is 0 Å². The van der Waals surface area contributed by atoms with Crippen molar-refractivity contribution in [3.05, 3.63) is 64.4 Å². The summed E-state index contributed by atoms with van der Waals surface area (Å²) in [6.45, 7) is 0. The van der Waals surface area contributed by atoms with Crippen molar-refractivity contribution in [3.63, 3.8) is 0 Å². The van der Waals surface area contributed by atoms with Crippen molar-refractivity contribution < 1.29 is 19.0 Å². The van der Waals surface area contributed by atoms with Crippen molar-refractivity contribution in [1.82, 2.24) is 19.6 Å². The van der Waals surface area contributed by atoms with E-state index in [1.807, 2.05) is 24.3 Å². The lowest BCUT2D eigenvalue weighted by atomic mass is 9.82. The van der Waals surface area contributed by atoms with Crippen molar-refractivity contribution >= 4 is 23.2 Å². The van der Waals surface area contributed by atoms with Crippen LogP contribution in [-0.2, 0) is 6.42 Å². The zero-order chi connectivity index (χ0) is 23.1. The van der Waals surface area contributed by atoms with E-state index in [2.05, 4.69) is 15.1 Å². The Morgan fingerprint density at radius 1 is 0.970 bits per heavy atom. The summed E-state index contributed by atoms with van der Waals surface area (Å²) in [7, 11) is 4.71. The van der Waals surface area contributed by atoms with Gasteiger partial charge >= 0.3 is 0 Å². The quantitative estimate of drug-likeness (QED) is 0.433. The summed E-state index contributed by atoms with van der Waals surface area (Å²) in [4.78, 5) is 22.3. The van der Waals surface area contributed by atoms with Gasteiger partial charge in [-0.3, -0.25) is 4.79 Å². The molecule has 33 heavy (non-hydrogen) atoms. The highest BCUT2D eigenvalue weighted by atomic mass is 35.5. The lowest BCUT2D eigenvalue weighted by molar-refractivity contribution is 0.0962. The number of nitrogens with zero attached hydrogens (tertiary/aromatic N) is 4. The molecule has 0 amide bonds. The number of hydrogen-bond acceptors (Lipinski definition) is 7. The Bertz CT molecular complexity index is 1340. The monoisotopic (exact) mass is 464 g/mol. The zero-order valence-corrected chi connectivity index (χ0v) is 19.1. The van der Waals surface area contributed by atoms with Gasteiger partial charge in [0.05, 0.1) is 32.6 Å². The molecule has 0 spiro atoms. The van der Waals surface area contributed by atoms with Gasteiger partial charge in [0.1, 0.15) is 0 Å². The first-order valence-electron chi connectivity index (χ1n) is 10.4. The molecular formula is C24H21ClN4O4. The van der Waals surface area contributed by atoms with Crippen molar-refractivity contribution in [2.45, 2.75) is 18.8 Å². The Morgan fingerprint density at radius 2 is 1.67 bits per heavy atom. The maximum Gasteiger partial charge on any atom is 0.252 e. The van der Waals surface area contributed by atoms with Crippen molar-refractivity contribution in [3.8, 4) is 28.6 Å². The highest BCUT2D eigenvalue weighted by Gasteiger charge is 2.30. The number of aromatic nitrogens is 4. The summed E-state index contributed by atoms with van der Waals surface area (Å²) in [5.74, 6) is 2.52. The predicted octanol–water partition coefficient (Wildman–Crippen LogP) is 4.38. The molecule has 0 bridgehead atoms. The molecule has 1 atom stereocenters. The molecule has 2 heterocycles. The second kappa shape index (κ2) is 8.37. The van der Waals surface area contributed by atoms with Gasteiger partial charge in [-0.15, -0.1) is 5.10 Å². The van der Waals surface area contributed by atoms with Gasteiger partial charge in [0.15, 0.2) is 23.1 Å². The minimum absolute atomic E-state index is 0.00736. The molecule has 0 saturated heterocycles. The average molecular weight is 465 g/mol. The van der Waals surface area contributed by atoms with Crippen LogP contribution in [0.1, 0.15) is 34.0 Å². The van der Waals surface area contributed by atoms with Gasteiger partial charge in [-0.25, -0.2) is 9.50 Å². The second-order valence-electron chi connectivity index (χ2n) is 7.78. The van der Waals surface area contributed by atoms with Crippen LogP contribution in [0, 0.1) is 0 Å². The van der Waals surface area contributed by atoms with Gasteiger partial charge in [0, 0.05) is 23.2 Å². The molecule has 2 aromatic carbocycles. The second-order valence-corrected chi connectivity index (χ2v) is 8.21. The number of hydrogen-bond donors (Lipinski definition) is 0. The Morgan fingerprint density at radius 3 is 2.30 bits per heavy atom. The first-order chi connectivity index (χ1) is 16.0. The fraction of sp³-hybridized carbons (Fsp3) is 0.250. The van der Waals surface area contributed by atoms with E-state index in [0.29, 0.717) is 58.0 Å². The lowest BCUT2D eigenvalue weighted by Crippen LogP contribution is -2.21. The van der Waals surface area contributed by atoms with E-state index >= 15 is 0 Å². The molecule has 9 heteroatoms. The van der Waals surface area contributed by atoms with Gasteiger partial charge in [-0.2, -0.15) is 4.98 Å². The Labute approximate surface area is 195 Å². The first kappa shape index (κ1) is 21.2. The van der Waals surface area contributed by atoms with Crippen LogP contribution in [0.5, 0.6) is 17.2 Å². The molecule has 4 aromatic rings. The Hall–Kier alpha value is -3.65. The molecule has 0 aliphatic heterocycles. The van der Waals surface area contributed by atoms with E-state index < -0.39 is 0 Å². The molecule has 0 saturated carbocycles. The third kappa shape index (κ3) is 3.76. The van der Waals surface area contributed by atoms with Gasteiger partial charge < -0.3 is 14.2 Å². The fourth-order valence-electron chi connectivity index (χ4n) is 4.18. The number of rotatable bonds is 5. The minimum atomic E-state index is -0.0766. The summed E-state index contributed by atoms with van der Waals surface area (Å²) in [6, 6.07) is 11.0. The number of carbonyl (C=O) groups is 1. The normalized spacial score (nSPS) is 15.4. The molecule has 0 fully saturated rings. The molecule has 0 N–H and O–H groups in total. The summed E-state index contributed by atoms with van der Waals surface area (Å²) in [6.07, 6.45) is 2.65. The van der Waals surface area contributed by atoms with Gasteiger partial charge in [-0.05, 0) is 54.3 Å². The molecule has 5 rings (SSSR count). The molecule has 168 valence electrons. The Kier molecular flexibility index (Phi) is 5.38. The van der Waals surface area contributed by atoms with Crippen LogP contribution in [-0.4, -0.2) is 46.7 Å². The Balaban J connectivity index is 1.53. The van der Waals surface area contributed by atoms with Crippen LogP contribution < -0.4 is 14.2 Å². The number of halogens is 1. The van der Waals surface area contributed by atoms with E-state index in [9.17, 15) is 4.79 Å². The summed E-state index contributed by atoms with van der Waals surface area (Å²) in [5.41, 5.74) is 3.02. The van der Waals surface area contributed by atoms with Gasteiger partial charge in [0.2, 0.25) is 5.75 Å². The smallest absolute Gasteiger partial charge is 0.252 e. The van der Waals surface area contributed by atoms with Crippen molar-refractivity contribution in [1.29, 1.82) is 0 Å². The maximum absolute atomic E-state index is 13.1. The standard InChI is InChI=1S/C24H21ClN4O4/c1-31-20-10-15(11-21(32-2)22(20)33-3)14-8-18-17(19(30)9-14)12-29-24(26-18)27-23(28-29)13-4-6-16(25)7-5-13/h4-7,10-12,14H,8-9H2,1-3H3/t14-/m0/s1. The zero-order valence-electron chi connectivity index (χ0n) is 18.3. The topological polar surface area (TPSA) is 87.8 Å². The predicted molar refractivity (Wildman–Crippen MR) is 123 cm³/mol. The highest BCUT2D eigenvalue weighted by molar-refractivity contribution is 6.30. The number of methoxy groups -OCH3 is 3. The van der Waals surface area contributed by atoms with E-state index in [-0.39, 0.29) is 11.7 Å². The number of ether oxygens (including phenoxy) is 3. The van der Waals surface area contributed by atoms with Crippen LogP contribution in [0.15, 0.2) is 42.6 Å². The summed E-state index contributed by atoms with van der Waals surface area (Å²) >= 11 is 5.98. The third-order valence-corrected chi connectivity index (χ3v) is 6.10. The largest absolute Gasteiger partial charge is 0.493 e. The van der Waals surface area contributed by atoms with Gasteiger partial charge in [0.25, 0.3) is 5.78 Å². The van der Waals surface area contributed by atoms with Crippen molar-refractivity contribution in [2.24, 2.45) is 0 Å². The maximum atomic E-state index is 13.1. The van der Waals surface area contributed by atoms with Crippen molar-refractivity contribution in [2.75, 3.05) is 21.3 Å². The number of fused-ring (bicyclic) bond motifs is 2. The van der Waals surface area contributed by atoms with Crippen LogP contribution in [0.25, 0.3) is 17.2 Å². The molecule has 8 nitrogen and oxygen atoms in total. The number of benzene rings is 2.